The van der Waals surface area contributed by atoms with Gasteiger partial charge in [-0.05, 0) is 71.1 Å². The van der Waals surface area contributed by atoms with Gasteiger partial charge in [-0.1, -0.05) is 6.58 Å². The molecule has 0 unspecified atom stereocenters. The third-order valence-corrected chi connectivity index (χ3v) is 7.15. The van der Waals surface area contributed by atoms with E-state index in [0.717, 1.165) is 48.7 Å². The number of hydrogen-bond donors (Lipinski definition) is 2. The number of aromatic nitrogens is 3. The number of nitrogens with zero attached hydrogens (tertiary/aromatic N) is 6. The molecule has 0 atom stereocenters. The number of hydrogen-bond acceptors (Lipinski definition) is 8. The topological polar surface area (TPSA) is 116 Å². The number of rotatable bonds is 7. The molecule has 0 saturated carbocycles. The van der Waals surface area contributed by atoms with Gasteiger partial charge < -0.3 is 20.9 Å². The van der Waals surface area contributed by atoms with Crippen LogP contribution in [-0.2, 0) is 7.05 Å². The maximum absolute atomic E-state index is 13.4. The predicted octanol–water partition coefficient (Wildman–Crippen LogP) is 3.89. The summed E-state index contributed by atoms with van der Waals surface area (Å²) in [6.45, 7) is 9.60. The van der Waals surface area contributed by atoms with Gasteiger partial charge in [0.15, 0.2) is 5.82 Å². The highest BCUT2D eigenvalue weighted by molar-refractivity contribution is 6.11. The Labute approximate surface area is 218 Å². The third-order valence-electron chi connectivity index (χ3n) is 7.15. The zero-order valence-corrected chi connectivity index (χ0v) is 22.2. The number of carbonyl (C=O) groups excluding carboxylic acids is 1. The molecular formula is C28H34N8O. The average molecular weight is 499 g/mol. The van der Waals surface area contributed by atoms with E-state index < -0.39 is 0 Å². The van der Waals surface area contributed by atoms with E-state index in [4.69, 9.17) is 10.7 Å². The van der Waals surface area contributed by atoms with Gasteiger partial charge in [0.2, 0.25) is 5.78 Å². The van der Waals surface area contributed by atoms with Gasteiger partial charge in [-0.15, -0.1) is 0 Å². The first-order chi connectivity index (χ1) is 17.6. The average Bonchev–Trinajstić information content (AvgIpc) is 3.14. The Bertz CT molecular complexity index is 1390. The molecule has 9 nitrogen and oxygen atoms in total. The molecule has 0 aliphatic carbocycles. The van der Waals surface area contributed by atoms with Crippen molar-refractivity contribution < 1.29 is 4.79 Å². The molecule has 1 saturated heterocycles. The van der Waals surface area contributed by atoms with E-state index in [1.165, 1.54) is 0 Å². The maximum Gasteiger partial charge on any atom is 0.208 e. The van der Waals surface area contributed by atoms with Crippen LogP contribution < -0.4 is 16.0 Å². The maximum atomic E-state index is 13.4. The quantitative estimate of drug-likeness (QED) is 0.372. The van der Waals surface area contributed by atoms with Crippen LogP contribution in [0.1, 0.15) is 40.2 Å². The summed E-state index contributed by atoms with van der Waals surface area (Å²) < 4.78 is 1.77. The Morgan fingerprint density at radius 3 is 2.51 bits per heavy atom. The summed E-state index contributed by atoms with van der Waals surface area (Å²) in [6, 6.07) is 11.5. The van der Waals surface area contributed by atoms with Gasteiger partial charge in [-0.3, -0.25) is 9.48 Å². The Morgan fingerprint density at radius 1 is 1.22 bits per heavy atom. The number of benzene rings is 1. The van der Waals surface area contributed by atoms with Crippen LogP contribution in [0.3, 0.4) is 0 Å². The fourth-order valence-corrected chi connectivity index (χ4v) is 4.87. The van der Waals surface area contributed by atoms with E-state index in [0.29, 0.717) is 34.2 Å². The molecule has 3 aromatic rings. The Morgan fingerprint density at radius 2 is 1.92 bits per heavy atom. The van der Waals surface area contributed by atoms with Crippen molar-refractivity contribution in [1.29, 1.82) is 5.26 Å². The zero-order chi connectivity index (χ0) is 26.9. The molecule has 0 bridgehead atoms. The lowest BCUT2D eigenvalue weighted by Crippen LogP contribution is -2.42. The molecule has 192 valence electrons. The first kappa shape index (κ1) is 25.9. The van der Waals surface area contributed by atoms with E-state index in [9.17, 15) is 10.1 Å². The van der Waals surface area contributed by atoms with Gasteiger partial charge in [0.05, 0.1) is 28.7 Å². The number of anilines is 3. The Kier molecular flexibility index (Phi) is 7.32. The summed E-state index contributed by atoms with van der Waals surface area (Å²) >= 11 is 0. The van der Waals surface area contributed by atoms with Gasteiger partial charge in [-0.2, -0.15) is 10.4 Å². The summed E-state index contributed by atoms with van der Waals surface area (Å²) in [6.07, 6.45) is 2.12. The van der Waals surface area contributed by atoms with Crippen LogP contribution in [0.15, 0.2) is 42.6 Å². The minimum Gasteiger partial charge on any atom is -0.396 e. The van der Waals surface area contributed by atoms with Gasteiger partial charge in [-0.25, -0.2) is 4.98 Å². The number of Topliss-reactive ketones (excluding diaryl/α,β-unsaturated/α-hetero) is 1. The Balaban J connectivity index is 1.56. The van der Waals surface area contributed by atoms with Crippen molar-refractivity contribution in [3.05, 3.63) is 65.1 Å². The number of nitriles is 1. The first-order valence-electron chi connectivity index (χ1n) is 12.3. The summed E-state index contributed by atoms with van der Waals surface area (Å²) in [7, 11) is 6.08. The van der Waals surface area contributed by atoms with Crippen molar-refractivity contribution in [2.75, 3.05) is 43.1 Å². The number of piperidine rings is 1. The Hall–Kier alpha value is -4.16. The second kappa shape index (κ2) is 10.4. The van der Waals surface area contributed by atoms with Crippen LogP contribution in [0.4, 0.5) is 17.3 Å². The largest absolute Gasteiger partial charge is 0.396 e. The van der Waals surface area contributed by atoms with Crippen LogP contribution in [0.2, 0.25) is 0 Å². The van der Waals surface area contributed by atoms with E-state index in [2.05, 4.69) is 47.0 Å². The number of carbonyl (C=O) groups is 1. The fourth-order valence-electron chi connectivity index (χ4n) is 4.87. The molecule has 37 heavy (non-hydrogen) atoms. The smallest absolute Gasteiger partial charge is 0.208 e. The number of ketones is 1. The van der Waals surface area contributed by atoms with Crippen molar-refractivity contribution in [1.82, 2.24) is 19.7 Å². The number of allylic oxidation sites excluding steroid dienone is 1. The monoisotopic (exact) mass is 498 g/mol. The molecule has 4 rings (SSSR count). The van der Waals surface area contributed by atoms with Crippen LogP contribution in [-0.4, -0.2) is 58.7 Å². The van der Waals surface area contributed by atoms with Gasteiger partial charge in [0, 0.05) is 48.6 Å². The SMILES string of the molecule is C=C(Nc1nc(N2CCC(N(C)C)CC2)ccc1N)C(=O)c1ccc(C#N)c(-c2c(C)nn(C)c2C)c1. The summed E-state index contributed by atoms with van der Waals surface area (Å²) in [5, 5.41) is 17.2. The number of nitrogens with two attached hydrogens (primary N) is 1. The number of nitrogens with one attached hydrogen (secondary N) is 1. The van der Waals surface area contributed by atoms with E-state index >= 15 is 0 Å². The lowest BCUT2D eigenvalue weighted by atomic mass is 9.94. The lowest BCUT2D eigenvalue weighted by molar-refractivity contribution is 0.103. The van der Waals surface area contributed by atoms with Gasteiger partial charge in [0.1, 0.15) is 5.82 Å². The lowest BCUT2D eigenvalue weighted by Gasteiger charge is -2.36. The number of aryl methyl sites for hydroxylation is 2. The van der Waals surface area contributed by atoms with Gasteiger partial charge >= 0.3 is 0 Å². The molecule has 2 aromatic heterocycles. The second-order valence-corrected chi connectivity index (χ2v) is 9.76. The number of pyridine rings is 1. The fraction of sp³-hybridized carbons (Fsp3) is 0.357. The van der Waals surface area contributed by atoms with Crippen LogP contribution in [0.5, 0.6) is 0 Å². The molecule has 0 radical (unpaired) electrons. The number of nitrogen functional groups attached to an aromatic ring is 1. The third kappa shape index (κ3) is 5.20. The molecule has 0 amide bonds. The van der Waals surface area contributed by atoms with Crippen molar-refractivity contribution in [2.24, 2.45) is 7.05 Å². The minimum absolute atomic E-state index is 0.151. The zero-order valence-electron chi connectivity index (χ0n) is 22.2. The van der Waals surface area contributed by atoms with E-state index in [1.807, 2.05) is 27.0 Å². The highest BCUT2D eigenvalue weighted by Crippen LogP contribution is 2.31. The molecule has 3 N–H and O–H groups in total. The van der Waals surface area contributed by atoms with Crippen molar-refractivity contribution in [3.63, 3.8) is 0 Å². The van der Waals surface area contributed by atoms with Crippen molar-refractivity contribution >= 4 is 23.1 Å². The van der Waals surface area contributed by atoms with Crippen LogP contribution >= 0.6 is 0 Å². The van der Waals surface area contributed by atoms with E-state index in [1.54, 1.807) is 28.9 Å². The normalized spacial score (nSPS) is 14.0. The highest BCUT2D eigenvalue weighted by atomic mass is 16.1. The van der Waals surface area contributed by atoms with Gasteiger partial charge in [0.25, 0.3) is 0 Å². The molecule has 1 aliphatic rings. The first-order valence-corrected chi connectivity index (χ1v) is 12.3. The van der Waals surface area contributed by atoms with Crippen LogP contribution in [0.25, 0.3) is 11.1 Å². The molecule has 1 aromatic carbocycles. The molecule has 1 aliphatic heterocycles. The van der Waals surface area contributed by atoms with E-state index in [-0.39, 0.29) is 11.5 Å². The second-order valence-electron chi connectivity index (χ2n) is 9.76. The molecule has 0 spiro atoms. The predicted molar refractivity (Wildman–Crippen MR) is 147 cm³/mol. The summed E-state index contributed by atoms with van der Waals surface area (Å²) in [5.41, 5.74) is 10.9. The van der Waals surface area contributed by atoms with Crippen molar-refractivity contribution in [2.45, 2.75) is 32.7 Å². The standard InChI is InChI=1S/C28H34N8O/c1-17-26(19(3)35(6)33-17)23-15-20(7-8-21(23)16-29)27(37)18(2)31-28-24(30)9-10-25(32-28)36-13-11-22(12-14-36)34(4)5/h7-10,15,22H,2,11-14,30H2,1,3-6H3,(H,31,32). The summed E-state index contributed by atoms with van der Waals surface area (Å²) in [5.74, 6) is 0.916. The minimum atomic E-state index is -0.302. The highest BCUT2D eigenvalue weighted by Gasteiger charge is 2.23. The molecular weight excluding hydrogens is 464 g/mol. The molecule has 3 heterocycles. The molecule has 9 heteroatoms. The molecule has 1 fully saturated rings. The summed E-state index contributed by atoms with van der Waals surface area (Å²) in [4.78, 5) is 22.6. The van der Waals surface area contributed by atoms with Crippen LogP contribution in [0, 0.1) is 25.2 Å². The van der Waals surface area contributed by atoms with Crippen molar-refractivity contribution in [3.8, 4) is 17.2 Å².